The number of likely N-dealkylation sites (N-methyl/N-ethyl adjacent to an activating group) is 1. The highest BCUT2D eigenvalue weighted by molar-refractivity contribution is 5.94. The Morgan fingerprint density at radius 3 is 2.55 bits per heavy atom. The highest BCUT2D eigenvalue weighted by Gasteiger charge is 2.10. The predicted octanol–water partition coefficient (Wildman–Crippen LogP) is 3.21. The van der Waals surface area contributed by atoms with Crippen LogP contribution in [0, 0.1) is 12.7 Å². The fourth-order valence-electron chi connectivity index (χ4n) is 1.90. The van der Waals surface area contributed by atoms with Crippen molar-refractivity contribution in [1.29, 1.82) is 0 Å². The Morgan fingerprint density at radius 2 is 1.90 bits per heavy atom. The van der Waals surface area contributed by atoms with Crippen LogP contribution in [-0.2, 0) is 4.79 Å². The molecule has 0 aliphatic heterocycles. The van der Waals surface area contributed by atoms with Crippen LogP contribution in [0.3, 0.4) is 0 Å². The highest BCUT2D eigenvalue weighted by Crippen LogP contribution is 2.16. The van der Waals surface area contributed by atoms with Crippen LogP contribution in [-0.4, -0.2) is 19.5 Å². The summed E-state index contributed by atoms with van der Waals surface area (Å²) in [5.41, 5.74) is 1.97. The van der Waals surface area contributed by atoms with E-state index >= 15 is 0 Å². The van der Waals surface area contributed by atoms with Gasteiger partial charge in [0.2, 0.25) is 5.91 Å². The Balaban J connectivity index is 1.99. The molecule has 0 fully saturated rings. The summed E-state index contributed by atoms with van der Waals surface area (Å²) in [4.78, 5) is 13.7. The summed E-state index contributed by atoms with van der Waals surface area (Å²) >= 11 is 0. The van der Waals surface area contributed by atoms with Crippen LogP contribution in [0.1, 0.15) is 5.56 Å². The van der Waals surface area contributed by atoms with Crippen molar-refractivity contribution in [2.24, 2.45) is 0 Å². The maximum absolute atomic E-state index is 13.6. The standard InChI is InChI=1S/C16H17FN2O/c1-12-8-9-15(14(17)10-12)18-16(20)11-19(2)13-6-4-3-5-7-13/h3-10H,11H2,1-2H3,(H,18,20). The number of rotatable bonds is 4. The van der Waals surface area contributed by atoms with E-state index in [0.717, 1.165) is 11.3 Å². The van der Waals surface area contributed by atoms with Crippen LogP contribution in [0.4, 0.5) is 15.8 Å². The Bertz CT molecular complexity index is 599. The lowest BCUT2D eigenvalue weighted by molar-refractivity contribution is -0.114. The van der Waals surface area contributed by atoms with Gasteiger partial charge in [-0.1, -0.05) is 24.3 Å². The van der Waals surface area contributed by atoms with Crippen molar-refractivity contribution in [3.05, 3.63) is 59.9 Å². The fraction of sp³-hybridized carbons (Fsp3) is 0.188. The maximum atomic E-state index is 13.6. The molecule has 0 spiro atoms. The van der Waals surface area contributed by atoms with Crippen molar-refractivity contribution in [1.82, 2.24) is 0 Å². The van der Waals surface area contributed by atoms with Crippen LogP contribution in [0.2, 0.25) is 0 Å². The molecule has 104 valence electrons. The van der Waals surface area contributed by atoms with Crippen LogP contribution >= 0.6 is 0 Å². The number of aryl methyl sites for hydroxylation is 1. The second-order valence-corrected chi connectivity index (χ2v) is 4.72. The number of nitrogens with zero attached hydrogens (tertiary/aromatic N) is 1. The van der Waals surface area contributed by atoms with E-state index in [1.54, 1.807) is 24.0 Å². The van der Waals surface area contributed by atoms with Crippen molar-refractivity contribution >= 4 is 17.3 Å². The smallest absolute Gasteiger partial charge is 0.243 e. The van der Waals surface area contributed by atoms with Crippen molar-refractivity contribution in [3.63, 3.8) is 0 Å². The van der Waals surface area contributed by atoms with Crippen LogP contribution < -0.4 is 10.2 Å². The third kappa shape index (κ3) is 3.57. The van der Waals surface area contributed by atoms with E-state index in [1.165, 1.54) is 6.07 Å². The molecule has 3 nitrogen and oxygen atoms in total. The van der Waals surface area contributed by atoms with Crippen LogP contribution in [0.5, 0.6) is 0 Å². The molecule has 0 unspecified atom stereocenters. The number of hydrogen-bond acceptors (Lipinski definition) is 2. The number of nitrogens with one attached hydrogen (secondary N) is 1. The molecule has 0 aliphatic carbocycles. The summed E-state index contributed by atoms with van der Waals surface area (Å²) in [6.45, 7) is 1.97. The summed E-state index contributed by atoms with van der Waals surface area (Å²) in [5, 5.41) is 2.58. The van der Waals surface area contributed by atoms with E-state index in [9.17, 15) is 9.18 Å². The van der Waals surface area contributed by atoms with Gasteiger partial charge in [-0.2, -0.15) is 0 Å². The minimum Gasteiger partial charge on any atom is -0.365 e. The predicted molar refractivity (Wildman–Crippen MR) is 79.5 cm³/mol. The summed E-state index contributed by atoms with van der Waals surface area (Å²) in [6, 6.07) is 14.3. The molecule has 2 aromatic carbocycles. The Labute approximate surface area is 118 Å². The molecule has 0 atom stereocenters. The Hall–Kier alpha value is -2.36. The number of anilines is 2. The summed E-state index contributed by atoms with van der Waals surface area (Å²) in [7, 11) is 1.82. The molecule has 2 aromatic rings. The molecule has 4 heteroatoms. The minimum absolute atomic E-state index is 0.164. The van der Waals surface area contributed by atoms with E-state index in [1.807, 2.05) is 37.4 Å². The molecule has 1 N–H and O–H groups in total. The number of hydrogen-bond donors (Lipinski definition) is 1. The van der Waals surface area contributed by atoms with Gasteiger partial charge in [0.15, 0.2) is 0 Å². The fourth-order valence-corrected chi connectivity index (χ4v) is 1.90. The first kappa shape index (κ1) is 14.1. The summed E-state index contributed by atoms with van der Waals surface area (Å²) in [6.07, 6.45) is 0. The molecule has 0 saturated carbocycles. The number of para-hydroxylation sites is 1. The Morgan fingerprint density at radius 1 is 1.20 bits per heavy atom. The van der Waals surface area contributed by atoms with Crippen molar-refractivity contribution in [2.75, 3.05) is 23.8 Å². The Kier molecular flexibility index (Phi) is 4.35. The van der Waals surface area contributed by atoms with Gasteiger partial charge in [-0.15, -0.1) is 0 Å². The average molecular weight is 272 g/mol. The quantitative estimate of drug-likeness (QED) is 0.927. The molecule has 0 heterocycles. The van der Waals surface area contributed by atoms with Gasteiger partial charge in [-0.25, -0.2) is 4.39 Å². The van der Waals surface area contributed by atoms with E-state index in [2.05, 4.69) is 5.32 Å². The molecule has 1 amide bonds. The zero-order chi connectivity index (χ0) is 14.5. The SMILES string of the molecule is Cc1ccc(NC(=O)CN(C)c2ccccc2)c(F)c1. The third-order valence-corrected chi connectivity index (χ3v) is 2.98. The number of amides is 1. The first-order chi connectivity index (χ1) is 9.56. The van der Waals surface area contributed by atoms with Gasteiger partial charge in [-0.3, -0.25) is 4.79 Å². The number of halogens is 1. The molecule has 0 radical (unpaired) electrons. The van der Waals surface area contributed by atoms with Gasteiger partial charge >= 0.3 is 0 Å². The van der Waals surface area contributed by atoms with E-state index in [-0.39, 0.29) is 18.1 Å². The molecule has 0 aliphatic rings. The first-order valence-electron chi connectivity index (χ1n) is 6.38. The lowest BCUT2D eigenvalue weighted by Crippen LogP contribution is -2.30. The minimum atomic E-state index is -0.416. The zero-order valence-corrected chi connectivity index (χ0v) is 11.6. The first-order valence-corrected chi connectivity index (χ1v) is 6.38. The van der Waals surface area contributed by atoms with Crippen molar-refractivity contribution in [2.45, 2.75) is 6.92 Å². The van der Waals surface area contributed by atoms with Gasteiger partial charge in [0.25, 0.3) is 0 Å². The van der Waals surface area contributed by atoms with Crippen LogP contribution in [0.15, 0.2) is 48.5 Å². The third-order valence-electron chi connectivity index (χ3n) is 2.98. The number of carbonyl (C=O) groups excluding carboxylic acids is 1. The van der Waals surface area contributed by atoms with E-state index in [4.69, 9.17) is 0 Å². The van der Waals surface area contributed by atoms with Crippen LogP contribution in [0.25, 0.3) is 0 Å². The topological polar surface area (TPSA) is 32.3 Å². The highest BCUT2D eigenvalue weighted by atomic mass is 19.1. The number of benzene rings is 2. The normalized spacial score (nSPS) is 10.2. The van der Waals surface area contributed by atoms with Gasteiger partial charge in [0, 0.05) is 12.7 Å². The van der Waals surface area contributed by atoms with Crippen molar-refractivity contribution < 1.29 is 9.18 Å². The second-order valence-electron chi connectivity index (χ2n) is 4.72. The molecular weight excluding hydrogens is 255 g/mol. The summed E-state index contributed by atoms with van der Waals surface area (Å²) < 4.78 is 13.6. The molecule has 2 rings (SSSR count). The molecule has 0 aromatic heterocycles. The van der Waals surface area contributed by atoms with Gasteiger partial charge in [0.1, 0.15) is 5.82 Å². The van der Waals surface area contributed by atoms with Gasteiger partial charge < -0.3 is 10.2 Å². The largest absolute Gasteiger partial charge is 0.365 e. The van der Waals surface area contributed by atoms with E-state index in [0.29, 0.717) is 0 Å². The second kappa shape index (κ2) is 6.19. The summed E-state index contributed by atoms with van der Waals surface area (Å²) in [5.74, 6) is -0.667. The molecule has 0 saturated heterocycles. The lowest BCUT2D eigenvalue weighted by Gasteiger charge is -2.18. The van der Waals surface area contributed by atoms with E-state index < -0.39 is 5.82 Å². The lowest BCUT2D eigenvalue weighted by atomic mass is 10.2. The number of carbonyl (C=O) groups is 1. The molecular formula is C16H17FN2O. The van der Waals surface area contributed by atoms with Gasteiger partial charge in [0.05, 0.1) is 12.2 Å². The maximum Gasteiger partial charge on any atom is 0.243 e. The monoisotopic (exact) mass is 272 g/mol. The van der Waals surface area contributed by atoms with Gasteiger partial charge in [-0.05, 0) is 36.8 Å². The zero-order valence-electron chi connectivity index (χ0n) is 11.6. The molecule has 20 heavy (non-hydrogen) atoms. The molecule has 0 bridgehead atoms. The van der Waals surface area contributed by atoms with Crippen molar-refractivity contribution in [3.8, 4) is 0 Å². The average Bonchev–Trinajstić information content (AvgIpc) is 2.43.